The molecule has 0 radical (unpaired) electrons. The van der Waals surface area contributed by atoms with Crippen LogP contribution in [0, 0.1) is 6.92 Å². The highest BCUT2D eigenvalue weighted by molar-refractivity contribution is 6.06. The summed E-state index contributed by atoms with van der Waals surface area (Å²) in [5.41, 5.74) is 5.61. The van der Waals surface area contributed by atoms with Gasteiger partial charge in [-0.2, -0.15) is 0 Å². The number of aromatic nitrogens is 2. The third-order valence-corrected chi connectivity index (χ3v) is 5.90. The van der Waals surface area contributed by atoms with E-state index in [9.17, 15) is 9.90 Å². The molecule has 4 aromatic rings. The fourth-order valence-electron chi connectivity index (χ4n) is 4.27. The standard InChI is InChI=1S/C26H24N4O3/c1-15-8-11-18(12-9-15)28-25(32)23-16(2)27-26-29-19-6-4-5-7-20(19)30(26)24(23)17-10-13-21(31)22(14-17)33-3/h4-14,24,31H,1-3H3,(H,27,29)(H,28,32). The van der Waals surface area contributed by atoms with Crippen molar-refractivity contribution in [2.24, 2.45) is 0 Å². The molecule has 1 amide bonds. The summed E-state index contributed by atoms with van der Waals surface area (Å²) in [6.45, 7) is 3.88. The summed E-state index contributed by atoms with van der Waals surface area (Å²) >= 11 is 0. The van der Waals surface area contributed by atoms with Crippen LogP contribution >= 0.6 is 0 Å². The molecule has 5 rings (SSSR count). The lowest BCUT2D eigenvalue weighted by Crippen LogP contribution is -2.30. The summed E-state index contributed by atoms with van der Waals surface area (Å²) in [6.07, 6.45) is 0. The zero-order valence-corrected chi connectivity index (χ0v) is 18.6. The highest BCUT2D eigenvalue weighted by Gasteiger charge is 2.34. The number of hydrogen-bond acceptors (Lipinski definition) is 5. The van der Waals surface area contributed by atoms with Gasteiger partial charge < -0.3 is 20.5 Å². The quantitative estimate of drug-likeness (QED) is 0.416. The van der Waals surface area contributed by atoms with E-state index in [1.54, 1.807) is 18.2 Å². The Morgan fingerprint density at radius 3 is 2.61 bits per heavy atom. The zero-order valence-electron chi connectivity index (χ0n) is 18.6. The molecule has 1 aromatic heterocycles. The number of benzene rings is 3. The number of para-hydroxylation sites is 2. The number of hydrogen-bond donors (Lipinski definition) is 3. The molecule has 0 saturated heterocycles. The SMILES string of the molecule is COc1cc(C2C(C(=O)Nc3ccc(C)cc3)=C(C)Nc3nc4ccccc4n32)ccc1O. The van der Waals surface area contributed by atoms with E-state index < -0.39 is 6.04 Å². The lowest BCUT2D eigenvalue weighted by molar-refractivity contribution is -0.113. The number of aryl methyl sites for hydroxylation is 1. The molecule has 1 aliphatic heterocycles. The highest BCUT2D eigenvalue weighted by atomic mass is 16.5. The fourth-order valence-corrected chi connectivity index (χ4v) is 4.27. The van der Waals surface area contributed by atoms with Gasteiger partial charge in [0.05, 0.1) is 29.8 Å². The molecule has 0 bridgehead atoms. The number of ether oxygens (including phenoxy) is 1. The first kappa shape index (κ1) is 20.6. The number of nitrogens with one attached hydrogen (secondary N) is 2. The summed E-state index contributed by atoms with van der Waals surface area (Å²) in [4.78, 5) is 18.3. The largest absolute Gasteiger partial charge is 0.504 e. The van der Waals surface area contributed by atoms with Crippen LogP contribution in [-0.4, -0.2) is 27.7 Å². The smallest absolute Gasteiger partial charge is 0.255 e. The number of phenolic OH excluding ortho intramolecular Hbond substituents is 1. The zero-order chi connectivity index (χ0) is 23.1. The van der Waals surface area contributed by atoms with Gasteiger partial charge >= 0.3 is 0 Å². The number of fused-ring (bicyclic) bond motifs is 3. The second-order valence-corrected chi connectivity index (χ2v) is 8.11. The van der Waals surface area contributed by atoms with Gasteiger partial charge in [0.25, 0.3) is 5.91 Å². The van der Waals surface area contributed by atoms with Gasteiger partial charge in [0.2, 0.25) is 5.95 Å². The minimum atomic E-state index is -0.478. The lowest BCUT2D eigenvalue weighted by Gasteiger charge is -2.31. The second kappa shape index (κ2) is 8.02. The summed E-state index contributed by atoms with van der Waals surface area (Å²) in [6, 6.07) is 20.2. The predicted octanol–water partition coefficient (Wildman–Crippen LogP) is 4.99. The summed E-state index contributed by atoms with van der Waals surface area (Å²) in [7, 11) is 1.51. The van der Waals surface area contributed by atoms with Crippen molar-refractivity contribution in [3.8, 4) is 11.5 Å². The fraction of sp³-hybridized carbons (Fsp3) is 0.154. The van der Waals surface area contributed by atoms with Crippen LogP contribution in [0.5, 0.6) is 11.5 Å². The summed E-state index contributed by atoms with van der Waals surface area (Å²) in [5.74, 6) is 0.812. The first-order chi connectivity index (χ1) is 16.0. The Morgan fingerprint density at radius 1 is 1.09 bits per heavy atom. The van der Waals surface area contributed by atoms with Crippen molar-refractivity contribution in [2.45, 2.75) is 19.9 Å². The molecule has 0 aliphatic carbocycles. The van der Waals surface area contributed by atoms with E-state index in [1.165, 1.54) is 7.11 Å². The van der Waals surface area contributed by atoms with Crippen LogP contribution in [0.3, 0.4) is 0 Å². The molecular weight excluding hydrogens is 416 g/mol. The molecule has 3 N–H and O–H groups in total. The van der Waals surface area contributed by atoms with E-state index in [1.807, 2.05) is 66.9 Å². The van der Waals surface area contributed by atoms with Gasteiger partial charge in [-0.05, 0) is 55.8 Å². The number of allylic oxidation sites excluding steroid dienone is 1. The van der Waals surface area contributed by atoms with Gasteiger partial charge in [-0.15, -0.1) is 0 Å². The predicted molar refractivity (Wildman–Crippen MR) is 129 cm³/mol. The molecule has 1 aliphatic rings. The monoisotopic (exact) mass is 440 g/mol. The molecule has 2 heterocycles. The molecule has 1 unspecified atom stereocenters. The molecule has 0 spiro atoms. The van der Waals surface area contributed by atoms with Crippen LogP contribution in [0.2, 0.25) is 0 Å². The number of amides is 1. The van der Waals surface area contributed by atoms with Crippen LogP contribution in [0.4, 0.5) is 11.6 Å². The van der Waals surface area contributed by atoms with Crippen LogP contribution in [0.25, 0.3) is 11.0 Å². The van der Waals surface area contributed by atoms with Crippen LogP contribution in [-0.2, 0) is 4.79 Å². The van der Waals surface area contributed by atoms with Crippen molar-refractivity contribution in [2.75, 3.05) is 17.7 Å². The molecule has 1 atom stereocenters. The molecule has 33 heavy (non-hydrogen) atoms. The first-order valence-corrected chi connectivity index (χ1v) is 10.7. The Bertz CT molecular complexity index is 1400. The van der Waals surface area contributed by atoms with Crippen molar-refractivity contribution in [1.82, 2.24) is 9.55 Å². The van der Waals surface area contributed by atoms with E-state index in [2.05, 4.69) is 10.6 Å². The molecule has 166 valence electrons. The molecule has 0 saturated carbocycles. The van der Waals surface area contributed by atoms with Gasteiger partial charge in [0.1, 0.15) is 0 Å². The number of rotatable bonds is 4. The number of imidazole rings is 1. The van der Waals surface area contributed by atoms with Crippen molar-refractivity contribution in [3.63, 3.8) is 0 Å². The van der Waals surface area contributed by atoms with Crippen LogP contribution in [0.1, 0.15) is 24.1 Å². The number of methoxy groups -OCH3 is 1. The van der Waals surface area contributed by atoms with Crippen molar-refractivity contribution >= 4 is 28.6 Å². The third-order valence-electron chi connectivity index (χ3n) is 5.90. The molecule has 3 aromatic carbocycles. The van der Waals surface area contributed by atoms with Crippen molar-refractivity contribution < 1.29 is 14.6 Å². The Balaban J connectivity index is 1.67. The van der Waals surface area contributed by atoms with Crippen molar-refractivity contribution in [3.05, 3.63) is 89.1 Å². The number of phenols is 1. The molecule has 7 nitrogen and oxygen atoms in total. The number of carbonyl (C=O) groups excluding carboxylic acids is 1. The van der Waals surface area contributed by atoms with Crippen LogP contribution < -0.4 is 15.4 Å². The van der Waals surface area contributed by atoms with Crippen LogP contribution in [0.15, 0.2) is 78.0 Å². The number of nitrogens with zero attached hydrogens (tertiary/aromatic N) is 2. The Morgan fingerprint density at radius 2 is 1.85 bits per heavy atom. The minimum Gasteiger partial charge on any atom is -0.504 e. The van der Waals surface area contributed by atoms with E-state index in [0.29, 0.717) is 28.7 Å². The van der Waals surface area contributed by atoms with Gasteiger partial charge in [-0.1, -0.05) is 35.9 Å². The number of anilines is 2. The Kier molecular flexibility index (Phi) is 5.01. The molecule has 0 fully saturated rings. The Hall–Kier alpha value is -4.26. The number of aromatic hydroxyl groups is 1. The van der Waals surface area contributed by atoms with E-state index in [-0.39, 0.29) is 11.7 Å². The molecule has 7 heteroatoms. The lowest BCUT2D eigenvalue weighted by atomic mass is 9.94. The van der Waals surface area contributed by atoms with Gasteiger partial charge in [-0.3, -0.25) is 9.36 Å². The van der Waals surface area contributed by atoms with Gasteiger partial charge in [0, 0.05) is 11.4 Å². The maximum Gasteiger partial charge on any atom is 0.255 e. The average Bonchev–Trinajstić information content (AvgIpc) is 3.18. The minimum absolute atomic E-state index is 0.0391. The Labute approximate surface area is 191 Å². The van der Waals surface area contributed by atoms with Gasteiger partial charge in [0.15, 0.2) is 11.5 Å². The topological polar surface area (TPSA) is 88.4 Å². The summed E-state index contributed by atoms with van der Waals surface area (Å²) < 4.78 is 7.37. The van der Waals surface area contributed by atoms with Crippen molar-refractivity contribution in [1.29, 1.82) is 0 Å². The highest BCUT2D eigenvalue weighted by Crippen LogP contribution is 2.41. The van der Waals surface area contributed by atoms with E-state index in [0.717, 1.165) is 22.2 Å². The molecular formula is C26H24N4O3. The maximum atomic E-state index is 13.6. The normalized spacial score (nSPS) is 15.2. The second-order valence-electron chi connectivity index (χ2n) is 8.11. The average molecular weight is 441 g/mol. The first-order valence-electron chi connectivity index (χ1n) is 10.7. The third kappa shape index (κ3) is 3.57. The van der Waals surface area contributed by atoms with E-state index >= 15 is 0 Å². The van der Waals surface area contributed by atoms with Gasteiger partial charge in [-0.25, -0.2) is 4.98 Å². The van der Waals surface area contributed by atoms with E-state index in [4.69, 9.17) is 9.72 Å². The number of carbonyl (C=O) groups is 1. The maximum absolute atomic E-state index is 13.6. The summed E-state index contributed by atoms with van der Waals surface area (Å²) in [5, 5.41) is 16.5.